The van der Waals surface area contributed by atoms with Gasteiger partial charge in [0.2, 0.25) is 0 Å². The monoisotopic (exact) mass is 266 g/mol. The fraction of sp³-hybridized carbons (Fsp3) is 0.786. The number of nitrogens with zero attached hydrogens (tertiary/aromatic N) is 3. The number of hydrogen-bond donors (Lipinski definition) is 1. The summed E-state index contributed by atoms with van der Waals surface area (Å²) < 4.78 is 5.42. The van der Waals surface area contributed by atoms with E-state index in [9.17, 15) is 0 Å². The molecule has 19 heavy (non-hydrogen) atoms. The molecule has 1 aliphatic heterocycles. The van der Waals surface area contributed by atoms with Gasteiger partial charge in [0.1, 0.15) is 0 Å². The second-order valence-corrected chi connectivity index (χ2v) is 5.88. The van der Waals surface area contributed by atoms with E-state index in [-0.39, 0.29) is 0 Å². The molecular weight excluding hydrogens is 240 g/mol. The summed E-state index contributed by atoms with van der Waals surface area (Å²) in [4.78, 5) is 4.83. The Morgan fingerprint density at radius 1 is 1.47 bits per heavy atom. The Morgan fingerprint density at radius 3 is 2.95 bits per heavy atom. The van der Waals surface area contributed by atoms with Crippen molar-refractivity contribution >= 4 is 0 Å². The van der Waals surface area contributed by atoms with E-state index in [1.54, 1.807) is 0 Å². The number of piperazine rings is 1. The first-order valence-corrected chi connectivity index (χ1v) is 7.15. The van der Waals surface area contributed by atoms with Gasteiger partial charge in [0.05, 0.1) is 12.2 Å². The molecular formula is C14H26N4O. The average molecular weight is 266 g/mol. The Balaban J connectivity index is 1.83. The van der Waals surface area contributed by atoms with E-state index in [1.165, 1.54) is 0 Å². The fourth-order valence-corrected chi connectivity index (χ4v) is 2.31. The van der Waals surface area contributed by atoms with Gasteiger partial charge in [-0.25, -0.2) is 0 Å². The molecule has 5 heteroatoms. The van der Waals surface area contributed by atoms with Crippen LogP contribution in [0.3, 0.4) is 0 Å². The highest BCUT2D eigenvalue weighted by molar-refractivity contribution is 5.05. The third-order valence-corrected chi connectivity index (χ3v) is 3.72. The highest BCUT2D eigenvalue weighted by Gasteiger charge is 2.21. The van der Waals surface area contributed by atoms with Crippen LogP contribution in [-0.2, 0) is 13.1 Å². The molecule has 1 atom stereocenters. The summed E-state index contributed by atoms with van der Waals surface area (Å²) in [7, 11) is 2.19. The molecule has 2 rings (SSSR count). The van der Waals surface area contributed by atoms with Crippen molar-refractivity contribution in [1.82, 2.24) is 20.3 Å². The Hall–Kier alpha value is -0.910. The highest BCUT2D eigenvalue weighted by Crippen LogP contribution is 2.12. The van der Waals surface area contributed by atoms with Crippen molar-refractivity contribution in [3.05, 3.63) is 17.5 Å². The van der Waals surface area contributed by atoms with Crippen LogP contribution >= 0.6 is 0 Å². The average Bonchev–Trinajstić information content (AvgIpc) is 2.79. The molecule has 1 unspecified atom stereocenters. The number of likely N-dealkylation sites (N-methyl/N-ethyl adjacent to an activating group) is 1. The summed E-state index contributed by atoms with van der Waals surface area (Å²) in [5.74, 6) is 0.970. The lowest BCUT2D eigenvalue weighted by molar-refractivity contribution is 0.0927. The zero-order valence-corrected chi connectivity index (χ0v) is 12.5. The molecule has 1 aromatic heterocycles. The fourth-order valence-electron chi connectivity index (χ4n) is 2.31. The van der Waals surface area contributed by atoms with Crippen LogP contribution in [0.4, 0.5) is 0 Å². The van der Waals surface area contributed by atoms with Crippen molar-refractivity contribution in [2.45, 2.75) is 45.9 Å². The van der Waals surface area contributed by atoms with Crippen LogP contribution in [-0.4, -0.2) is 53.7 Å². The van der Waals surface area contributed by atoms with Gasteiger partial charge >= 0.3 is 0 Å². The van der Waals surface area contributed by atoms with E-state index in [4.69, 9.17) is 4.52 Å². The molecule has 0 amide bonds. The van der Waals surface area contributed by atoms with Crippen molar-refractivity contribution in [2.24, 2.45) is 0 Å². The predicted octanol–water partition coefficient (Wildman–Crippen LogP) is 1.31. The Labute approximate surface area is 115 Å². The Kier molecular flexibility index (Phi) is 4.96. The predicted molar refractivity (Wildman–Crippen MR) is 75.8 cm³/mol. The second-order valence-electron chi connectivity index (χ2n) is 5.88. The normalized spacial score (nSPS) is 22.3. The largest absolute Gasteiger partial charge is 0.360 e. The summed E-state index contributed by atoms with van der Waals surface area (Å²) in [6.45, 7) is 11.5. The van der Waals surface area contributed by atoms with Crippen LogP contribution in [0, 0.1) is 0 Å². The van der Waals surface area contributed by atoms with Crippen LogP contribution in [0.15, 0.2) is 10.6 Å². The summed E-state index contributed by atoms with van der Waals surface area (Å²) in [5.41, 5.74) is 0.992. The number of rotatable bonds is 5. The molecule has 0 spiro atoms. The molecule has 1 aromatic rings. The Morgan fingerprint density at radius 2 is 2.26 bits per heavy atom. The standard InChI is InChI=1S/C14H26N4O/c1-11(2)15-8-13-7-14(19-16-13)10-18-6-5-17(4)12(3)9-18/h7,11-12,15H,5-6,8-10H2,1-4H3. The van der Waals surface area contributed by atoms with Crippen LogP contribution in [0.1, 0.15) is 32.2 Å². The van der Waals surface area contributed by atoms with Crippen LogP contribution < -0.4 is 5.32 Å². The van der Waals surface area contributed by atoms with Gasteiger partial charge in [0.15, 0.2) is 5.76 Å². The van der Waals surface area contributed by atoms with E-state index in [0.717, 1.165) is 44.2 Å². The van der Waals surface area contributed by atoms with Gasteiger partial charge in [-0.1, -0.05) is 19.0 Å². The molecule has 108 valence electrons. The van der Waals surface area contributed by atoms with Crippen LogP contribution in [0.5, 0.6) is 0 Å². The summed E-state index contributed by atoms with van der Waals surface area (Å²) in [6.07, 6.45) is 0. The maximum absolute atomic E-state index is 5.42. The van der Waals surface area contributed by atoms with Crippen LogP contribution in [0.25, 0.3) is 0 Å². The first kappa shape index (κ1) is 14.5. The molecule has 0 saturated carbocycles. The second kappa shape index (κ2) is 6.50. The minimum atomic E-state index is 0.471. The smallest absolute Gasteiger partial charge is 0.151 e. The molecule has 5 nitrogen and oxygen atoms in total. The number of aromatic nitrogens is 1. The van der Waals surface area contributed by atoms with Crippen molar-refractivity contribution in [1.29, 1.82) is 0 Å². The van der Waals surface area contributed by atoms with Crippen molar-refractivity contribution < 1.29 is 4.52 Å². The molecule has 2 heterocycles. The Bertz CT molecular complexity index is 391. The summed E-state index contributed by atoms with van der Waals surface area (Å²) in [6, 6.07) is 3.15. The van der Waals surface area contributed by atoms with Gasteiger partial charge in [-0.3, -0.25) is 4.90 Å². The topological polar surface area (TPSA) is 44.5 Å². The lowest BCUT2D eigenvalue weighted by Gasteiger charge is -2.37. The molecule has 0 aliphatic carbocycles. The third-order valence-electron chi connectivity index (χ3n) is 3.72. The maximum atomic E-state index is 5.42. The van der Waals surface area contributed by atoms with E-state index < -0.39 is 0 Å². The lowest BCUT2D eigenvalue weighted by Crippen LogP contribution is -2.49. The minimum absolute atomic E-state index is 0.471. The van der Waals surface area contributed by atoms with Gasteiger partial charge in [-0.15, -0.1) is 0 Å². The minimum Gasteiger partial charge on any atom is -0.360 e. The van der Waals surface area contributed by atoms with Crippen LogP contribution in [0.2, 0.25) is 0 Å². The number of hydrogen-bond acceptors (Lipinski definition) is 5. The summed E-state index contributed by atoms with van der Waals surface area (Å²) in [5, 5.41) is 7.46. The molecule has 1 saturated heterocycles. The molecule has 0 radical (unpaired) electrons. The van der Waals surface area contributed by atoms with E-state index in [1.807, 2.05) is 0 Å². The van der Waals surface area contributed by atoms with Gasteiger partial charge in [-0.2, -0.15) is 0 Å². The van der Waals surface area contributed by atoms with Gasteiger partial charge < -0.3 is 14.7 Å². The first-order chi connectivity index (χ1) is 9.04. The first-order valence-electron chi connectivity index (χ1n) is 7.15. The van der Waals surface area contributed by atoms with E-state index in [0.29, 0.717) is 12.1 Å². The quantitative estimate of drug-likeness (QED) is 0.870. The molecule has 1 N–H and O–H groups in total. The molecule has 1 fully saturated rings. The zero-order chi connectivity index (χ0) is 13.8. The SMILES string of the molecule is CC(C)NCc1cc(CN2CCN(C)C(C)C2)on1. The zero-order valence-electron chi connectivity index (χ0n) is 12.5. The lowest BCUT2D eigenvalue weighted by atomic mass is 10.2. The van der Waals surface area contributed by atoms with E-state index in [2.05, 4.69) is 54.2 Å². The molecule has 0 aromatic carbocycles. The third kappa shape index (κ3) is 4.30. The van der Waals surface area contributed by atoms with E-state index >= 15 is 0 Å². The van der Waals surface area contributed by atoms with Gasteiger partial charge in [0, 0.05) is 44.3 Å². The van der Waals surface area contributed by atoms with Crippen molar-refractivity contribution in [3.63, 3.8) is 0 Å². The van der Waals surface area contributed by atoms with Gasteiger partial charge in [0.25, 0.3) is 0 Å². The molecule has 0 bridgehead atoms. The van der Waals surface area contributed by atoms with Gasteiger partial charge in [-0.05, 0) is 14.0 Å². The molecule has 1 aliphatic rings. The summed E-state index contributed by atoms with van der Waals surface area (Å²) >= 11 is 0. The highest BCUT2D eigenvalue weighted by atomic mass is 16.5. The maximum Gasteiger partial charge on any atom is 0.151 e. The van der Waals surface area contributed by atoms with Crippen molar-refractivity contribution in [3.8, 4) is 0 Å². The number of nitrogens with one attached hydrogen (secondary N) is 1. The van der Waals surface area contributed by atoms with Crippen molar-refractivity contribution in [2.75, 3.05) is 26.7 Å².